The average Bonchev–Trinajstić information content (AvgIpc) is 3.28. The van der Waals surface area contributed by atoms with Gasteiger partial charge in [0.2, 0.25) is 0 Å². The van der Waals surface area contributed by atoms with Crippen molar-refractivity contribution in [2.45, 2.75) is 31.5 Å². The van der Waals surface area contributed by atoms with Crippen molar-refractivity contribution in [1.82, 2.24) is 10.2 Å². The molecule has 1 aromatic rings. The lowest BCUT2D eigenvalue weighted by atomic mass is 10.2. The molecule has 0 radical (unpaired) electrons. The van der Waals surface area contributed by atoms with E-state index in [2.05, 4.69) is 10.2 Å². The summed E-state index contributed by atoms with van der Waals surface area (Å²) in [5.41, 5.74) is 1.04. The summed E-state index contributed by atoms with van der Waals surface area (Å²) in [5, 5.41) is 4.68. The molecule has 2 fully saturated rings. The van der Waals surface area contributed by atoms with Gasteiger partial charge in [-0.25, -0.2) is 0 Å². The van der Waals surface area contributed by atoms with Gasteiger partial charge in [-0.3, -0.25) is 4.90 Å². The maximum Gasteiger partial charge on any atom is 0.0826 e. The van der Waals surface area contributed by atoms with Crippen LogP contribution in [0.2, 0.25) is 10.0 Å². The Morgan fingerprint density at radius 3 is 2.95 bits per heavy atom. The van der Waals surface area contributed by atoms with Crippen molar-refractivity contribution in [3.8, 4) is 0 Å². The van der Waals surface area contributed by atoms with Crippen LogP contribution in [0.1, 0.15) is 18.4 Å². The summed E-state index contributed by atoms with van der Waals surface area (Å²) in [6.07, 6.45) is 3.00. The van der Waals surface area contributed by atoms with E-state index < -0.39 is 0 Å². The maximum atomic E-state index is 6.18. The minimum absolute atomic E-state index is 0.280. The minimum Gasteiger partial charge on any atom is -0.374 e. The number of hydrogen-bond donors (Lipinski definition) is 1. The smallest absolute Gasteiger partial charge is 0.0826 e. The van der Waals surface area contributed by atoms with Crippen molar-refractivity contribution < 1.29 is 4.74 Å². The molecular weight excluding hydrogens is 295 g/mol. The SMILES string of the molecule is Clc1cccc(CNCC2CN(C3CC3)CCO2)c1Cl. The predicted molar refractivity (Wildman–Crippen MR) is 82.5 cm³/mol. The normalized spacial score (nSPS) is 24.0. The quantitative estimate of drug-likeness (QED) is 0.904. The van der Waals surface area contributed by atoms with Gasteiger partial charge in [0.1, 0.15) is 0 Å². The van der Waals surface area contributed by atoms with Crippen LogP contribution in [-0.2, 0) is 11.3 Å². The van der Waals surface area contributed by atoms with Gasteiger partial charge in [-0.15, -0.1) is 0 Å². The van der Waals surface area contributed by atoms with Crippen LogP contribution in [0.5, 0.6) is 0 Å². The molecule has 0 aromatic heterocycles. The van der Waals surface area contributed by atoms with Crippen LogP contribution in [0.25, 0.3) is 0 Å². The van der Waals surface area contributed by atoms with E-state index in [9.17, 15) is 0 Å². The van der Waals surface area contributed by atoms with E-state index in [4.69, 9.17) is 27.9 Å². The molecule has 1 saturated carbocycles. The second-order valence-corrected chi connectivity index (χ2v) is 6.35. The number of nitrogens with one attached hydrogen (secondary N) is 1. The number of hydrogen-bond acceptors (Lipinski definition) is 3. The van der Waals surface area contributed by atoms with Crippen LogP contribution >= 0.6 is 23.2 Å². The van der Waals surface area contributed by atoms with E-state index in [-0.39, 0.29) is 6.10 Å². The first-order chi connectivity index (χ1) is 9.74. The van der Waals surface area contributed by atoms with Crippen LogP contribution in [0.15, 0.2) is 18.2 Å². The summed E-state index contributed by atoms with van der Waals surface area (Å²) in [6.45, 7) is 4.55. The number of nitrogens with zero attached hydrogens (tertiary/aromatic N) is 1. The van der Waals surface area contributed by atoms with Gasteiger partial charge in [0.15, 0.2) is 0 Å². The lowest BCUT2D eigenvalue weighted by molar-refractivity contribution is -0.0301. The molecule has 1 aliphatic heterocycles. The molecule has 1 unspecified atom stereocenters. The molecule has 3 rings (SSSR count). The third kappa shape index (κ3) is 3.66. The van der Waals surface area contributed by atoms with Crippen molar-refractivity contribution in [2.75, 3.05) is 26.2 Å². The fraction of sp³-hybridized carbons (Fsp3) is 0.600. The molecule has 2 aliphatic rings. The highest BCUT2D eigenvalue weighted by atomic mass is 35.5. The van der Waals surface area contributed by atoms with Gasteiger partial charge in [-0.2, -0.15) is 0 Å². The van der Waals surface area contributed by atoms with Gasteiger partial charge in [0, 0.05) is 32.2 Å². The summed E-state index contributed by atoms with van der Waals surface area (Å²) in [4.78, 5) is 2.56. The highest BCUT2D eigenvalue weighted by Crippen LogP contribution is 2.28. The van der Waals surface area contributed by atoms with E-state index in [0.29, 0.717) is 10.0 Å². The number of morpholine rings is 1. The molecule has 0 spiro atoms. The van der Waals surface area contributed by atoms with E-state index in [0.717, 1.165) is 44.4 Å². The van der Waals surface area contributed by atoms with Gasteiger partial charge in [0.05, 0.1) is 22.8 Å². The summed E-state index contributed by atoms with van der Waals surface area (Å²) in [6, 6.07) is 6.56. The average molecular weight is 315 g/mol. The molecule has 20 heavy (non-hydrogen) atoms. The molecule has 5 heteroatoms. The molecule has 3 nitrogen and oxygen atoms in total. The molecule has 0 bridgehead atoms. The minimum atomic E-state index is 0.280. The monoisotopic (exact) mass is 314 g/mol. The van der Waals surface area contributed by atoms with Crippen LogP contribution in [-0.4, -0.2) is 43.3 Å². The molecule has 1 aromatic carbocycles. The molecule has 0 amide bonds. The number of benzene rings is 1. The lowest BCUT2D eigenvalue weighted by Gasteiger charge is -2.33. The van der Waals surface area contributed by atoms with Crippen LogP contribution in [0.3, 0.4) is 0 Å². The Labute approximate surface area is 130 Å². The van der Waals surface area contributed by atoms with Gasteiger partial charge in [-0.05, 0) is 24.5 Å². The van der Waals surface area contributed by atoms with Crippen molar-refractivity contribution >= 4 is 23.2 Å². The van der Waals surface area contributed by atoms with E-state index in [1.807, 2.05) is 18.2 Å². The van der Waals surface area contributed by atoms with Gasteiger partial charge in [0.25, 0.3) is 0 Å². The molecule has 1 aliphatic carbocycles. The fourth-order valence-corrected chi connectivity index (χ4v) is 3.08. The summed E-state index contributed by atoms with van der Waals surface area (Å²) < 4.78 is 5.81. The Kier molecular flexibility index (Phi) is 4.84. The second-order valence-electron chi connectivity index (χ2n) is 5.56. The number of halogens is 2. The molecular formula is C15H20Cl2N2O. The highest BCUT2D eigenvalue weighted by Gasteiger charge is 2.32. The second kappa shape index (κ2) is 6.63. The molecule has 1 saturated heterocycles. The maximum absolute atomic E-state index is 6.18. The summed E-state index contributed by atoms with van der Waals surface area (Å²) in [7, 11) is 0. The Hall–Kier alpha value is -0.320. The third-order valence-electron chi connectivity index (χ3n) is 3.95. The number of rotatable bonds is 5. The van der Waals surface area contributed by atoms with Gasteiger partial charge >= 0.3 is 0 Å². The Morgan fingerprint density at radius 1 is 1.30 bits per heavy atom. The first-order valence-electron chi connectivity index (χ1n) is 7.23. The van der Waals surface area contributed by atoms with Crippen molar-refractivity contribution in [3.05, 3.63) is 33.8 Å². The van der Waals surface area contributed by atoms with E-state index >= 15 is 0 Å². The zero-order valence-corrected chi connectivity index (χ0v) is 13.0. The summed E-state index contributed by atoms with van der Waals surface area (Å²) >= 11 is 12.2. The zero-order chi connectivity index (χ0) is 13.9. The van der Waals surface area contributed by atoms with Gasteiger partial charge < -0.3 is 10.1 Å². The van der Waals surface area contributed by atoms with Crippen LogP contribution in [0.4, 0.5) is 0 Å². The molecule has 1 heterocycles. The van der Waals surface area contributed by atoms with Crippen molar-refractivity contribution in [2.24, 2.45) is 0 Å². The highest BCUT2D eigenvalue weighted by molar-refractivity contribution is 6.42. The summed E-state index contributed by atoms with van der Waals surface area (Å²) in [5.74, 6) is 0. The standard InChI is InChI=1S/C15H20Cl2N2O/c16-14-3-1-2-11(15(14)17)8-18-9-13-10-19(6-7-20-13)12-4-5-12/h1-3,12-13,18H,4-10H2. The largest absolute Gasteiger partial charge is 0.374 e. The Morgan fingerprint density at radius 2 is 2.15 bits per heavy atom. The molecule has 110 valence electrons. The first-order valence-corrected chi connectivity index (χ1v) is 7.99. The van der Waals surface area contributed by atoms with Crippen molar-refractivity contribution in [3.63, 3.8) is 0 Å². The Bertz CT molecular complexity index is 465. The molecule has 1 N–H and O–H groups in total. The lowest BCUT2D eigenvalue weighted by Crippen LogP contribution is -2.47. The first kappa shape index (κ1) is 14.6. The van der Waals surface area contributed by atoms with E-state index in [1.165, 1.54) is 12.8 Å². The number of ether oxygens (including phenoxy) is 1. The zero-order valence-electron chi connectivity index (χ0n) is 11.4. The van der Waals surface area contributed by atoms with Crippen molar-refractivity contribution in [1.29, 1.82) is 0 Å². The van der Waals surface area contributed by atoms with Gasteiger partial charge in [-0.1, -0.05) is 35.3 Å². The molecule has 1 atom stereocenters. The van der Waals surface area contributed by atoms with Crippen LogP contribution < -0.4 is 5.32 Å². The Balaban J connectivity index is 1.46. The topological polar surface area (TPSA) is 24.5 Å². The predicted octanol–water partition coefficient (Wildman–Crippen LogP) is 2.95. The fourth-order valence-electron chi connectivity index (χ4n) is 2.69. The van der Waals surface area contributed by atoms with E-state index in [1.54, 1.807) is 0 Å². The van der Waals surface area contributed by atoms with Crippen LogP contribution in [0, 0.1) is 0 Å². The third-order valence-corrected chi connectivity index (χ3v) is 4.81.